The van der Waals surface area contributed by atoms with E-state index in [9.17, 15) is 0 Å². The van der Waals surface area contributed by atoms with E-state index in [-0.39, 0.29) is 13.2 Å². The molecular weight excluding hydrogens is 540 g/mol. The Balaban J connectivity index is 1.16. The molecule has 0 unspecified atom stereocenters. The molecule has 6 rings (SSSR count). The molecule has 206 valence electrons. The maximum Gasteiger partial charge on any atom is 0.263 e. The first-order chi connectivity index (χ1) is 20.2. The molecule has 0 N–H and O–H groups in total. The van der Waals surface area contributed by atoms with Gasteiger partial charge in [0.15, 0.2) is 17.3 Å². The fourth-order valence-corrected chi connectivity index (χ4v) is 4.60. The zero-order valence-electron chi connectivity index (χ0n) is 22.4. The molecule has 0 spiro atoms. The zero-order valence-corrected chi connectivity index (χ0v) is 23.2. The van der Waals surface area contributed by atoms with Crippen LogP contribution in [0.15, 0.2) is 92.8 Å². The summed E-state index contributed by atoms with van der Waals surface area (Å²) in [4.78, 5) is 8.83. The molecule has 10 heteroatoms. The third-order valence-corrected chi connectivity index (χ3v) is 6.81. The average Bonchev–Trinajstić information content (AvgIpc) is 3.82. The van der Waals surface area contributed by atoms with Gasteiger partial charge < -0.3 is 23.0 Å². The Morgan fingerprint density at radius 3 is 2.66 bits per heavy atom. The molecule has 0 aliphatic rings. The summed E-state index contributed by atoms with van der Waals surface area (Å²) in [6.45, 7) is 2.35. The van der Waals surface area contributed by atoms with Gasteiger partial charge in [-0.15, -0.1) is 16.4 Å². The van der Waals surface area contributed by atoms with Crippen LogP contribution >= 0.6 is 11.3 Å². The molecule has 6 aromatic rings. The van der Waals surface area contributed by atoms with Gasteiger partial charge in [0.05, 0.1) is 35.8 Å². The van der Waals surface area contributed by atoms with Crippen molar-refractivity contribution < 1.29 is 23.0 Å². The van der Waals surface area contributed by atoms with Crippen LogP contribution in [-0.2, 0) is 13.2 Å². The fourth-order valence-electron chi connectivity index (χ4n) is 4.08. The Labute approximate surface area is 240 Å². The quantitative estimate of drug-likeness (QED) is 0.162. The normalized spacial score (nSPS) is 11.3. The summed E-state index contributed by atoms with van der Waals surface area (Å²) in [6, 6.07) is 19.2. The highest BCUT2D eigenvalue weighted by Crippen LogP contribution is 2.31. The molecule has 9 nitrogen and oxygen atoms in total. The lowest BCUT2D eigenvalue weighted by Crippen LogP contribution is -2.02. The van der Waals surface area contributed by atoms with Gasteiger partial charge in [0.25, 0.3) is 5.89 Å². The third kappa shape index (κ3) is 6.07. The molecule has 0 aliphatic heterocycles. The van der Waals surface area contributed by atoms with E-state index >= 15 is 0 Å². The first-order valence-corrected chi connectivity index (χ1v) is 13.7. The van der Waals surface area contributed by atoms with Crippen LogP contribution in [0, 0.1) is 6.92 Å². The summed E-state index contributed by atoms with van der Waals surface area (Å²) < 4.78 is 30.7. The molecule has 41 heavy (non-hydrogen) atoms. The lowest BCUT2D eigenvalue weighted by Gasteiger charge is -2.12. The minimum absolute atomic E-state index is 0.216. The van der Waals surface area contributed by atoms with Crippen molar-refractivity contribution in [3.05, 3.63) is 112 Å². The van der Waals surface area contributed by atoms with Crippen LogP contribution in [0.3, 0.4) is 0 Å². The van der Waals surface area contributed by atoms with Crippen LogP contribution < -0.4 is 14.2 Å². The van der Waals surface area contributed by atoms with E-state index < -0.39 is 0 Å². The van der Waals surface area contributed by atoms with Gasteiger partial charge in [-0.25, -0.2) is 14.6 Å². The molecule has 0 bridgehead atoms. The van der Waals surface area contributed by atoms with Crippen molar-refractivity contribution in [3.63, 3.8) is 0 Å². The molecule has 0 fully saturated rings. The number of hydrogen-bond donors (Lipinski definition) is 0. The number of methoxy groups -OCH3 is 1. The lowest BCUT2D eigenvalue weighted by atomic mass is 10.2. The largest absolute Gasteiger partial charge is 0.493 e. The van der Waals surface area contributed by atoms with Crippen LogP contribution in [0.25, 0.3) is 29.5 Å². The van der Waals surface area contributed by atoms with Gasteiger partial charge in [0.2, 0.25) is 5.88 Å². The Morgan fingerprint density at radius 2 is 1.88 bits per heavy atom. The van der Waals surface area contributed by atoms with E-state index in [0.717, 1.165) is 22.5 Å². The number of aromatic nitrogens is 4. The van der Waals surface area contributed by atoms with Gasteiger partial charge in [-0.3, -0.25) is 0 Å². The highest BCUT2D eigenvalue weighted by Gasteiger charge is 2.16. The second kappa shape index (κ2) is 12.0. The highest BCUT2D eigenvalue weighted by molar-refractivity contribution is 7.07. The van der Waals surface area contributed by atoms with Crippen molar-refractivity contribution in [3.8, 4) is 34.7 Å². The number of furan rings is 1. The summed E-state index contributed by atoms with van der Waals surface area (Å²) in [6.07, 6.45) is 7.42. The summed E-state index contributed by atoms with van der Waals surface area (Å²) in [7, 11) is 1.60. The molecular formula is C31H26N4O5S. The summed E-state index contributed by atoms with van der Waals surface area (Å²) in [5.41, 5.74) is 6.04. The van der Waals surface area contributed by atoms with Crippen LogP contribution in [0.5, 0.6) is 17.4 Å². The number of hydrogen-bond acceptors (Lipinski definition) is 9. The number of ether oxygens (including phenoxy) is 3. The van der Waals surface area contributed by atoms with E-state index in [1.165, 1.54) is 0 Å². The van der Waals surface area contributed by atoms with E-state index in [4.69, 9.17) is 28.1 Å². The van der Waals surface area contributed by atoms with E-state index in [0.29, 0.717) is 40.5 Å². The van der Waals surface area contributed by atoms with Crippen molar-refractivity contribution in [2.75, 3.05) is 7.11 Å². The number of para-hydroxylation sites is 1. The van der Waals surface area contributed by atoms with Gasteiger partial charge >= 0.3 is 0 Å². The van der Waals surface area contributed by atoms with Gasteiger partial charge in [-0.2, -0.15) is 0 Å². The maximum atomic E-state index is 6.19. The van der Waals surface area contributed by atoms with Crippen molar-refractivity contribution >= 4 is 23.5 Å². The number of nitrogens with zero attached hydrogens (tertiary/aromatic N) is 4. The molecule has 0 aliphatic carbocycles. The van der Waals surface area contributed by atoms with E-state index in [2.05, 4.69) is 9.97 Å². The molecule has 0 amide bonds. The first-order valence-electron chi connectivity index (χ1n) is 12.8. The van der Waals surface area contributed by atoms with Gasteiger partial charge in [-0.1, -0.05) is 24.3 Å². The maximum absolute atomic E-state index is 6.19. The zero-order chi connectivity index (χ0) is 28.0. The minimum atomic E-state index is 0.216. The predicted octanol–water partition coefficient (Wildman–Crippen LogP) is 7.22. The molecule has 0 radical (unpaired) electrons. The number of aryl methyl sites for hydroxylation is 1. The van der Waals surface area contributed by atoms with Gasteiger partial charge in [0.1, 0.15) is 24.7 Å². The topological polar surface area (TPSA) is 97.6 Å². The minimum Gasteiger partial charge on any atom is -0.493 e. The summed E-state index contributed by atoms with van der Waals surface area (Å²) >= 11 is 1.55. The van der Waals surface area contributed by atoms with Crippen LogP contribution in [0.2, 0.25) is 0 Å². The molecule has 2 aromatic carbocycles. The fraction of sp³-hybridized carbons (Fsp3) is 0.129. The van der Waals surface area contributed by atoms with Crippen molar-refractivity contribution in [1.82, 2.24) is 19.7 Å². The standard InChI is InChI=1S/C31H26N4O5S/c1-21-26(33-31(40-21)28-9-6-14-37-28)18-38-27-13-10-22(15-29(27)36-2)17-39-30-23(11-12-24-19-41-20-32-24)16-35(34-30)25-7-4-3-5-8-25/h3-16,19-20H,17-18H2,1-2H3. The van der Waals surface area contributed by atoms with Crippen LogP contribution in [0.4, 0.5) is 0 Å². The Hall–Kier alpha value is -5.09. The second-order valence-corrected chi connectivity index (χ2v) is 9.70. The van der Waals surface area contributed by atoms with Crippen molar-refractivity contribution in [2.24, 2.45) is 0 Å². The van der Waals surface area contributed by atoms with E-state index in [1.807, 2.05) is 79.2 Å². The van der Waals surface area contributed by atoms with Crippen molar-refractivity contribution in [2.45, 2.75) is 20.1 Å². The molecule has 0 saturated heterocycles. The second-order valence-electron chi connectivity index (χ2n) is 8.98. The Morgan fingerprint density at radius 1 is 0.976 bits per heavy atom. The van der Waals surface area contributed by atoms with E-state index in [1.54, 1.807) is 47.0 Å². The van der Waals surface area contributed by atoms with Crippen LogP contribution in [-0.4, -0.2) is 26.9 Å². The molecule has 4 heterocycles. The van der Waals surface area contributed by atoms with Gasteiger partial charge in [-0.05, 0) is 61.0 Å². The lowest BCUT2D eigenvalue weighted by molar-refractivity contribution is 0.275. The highest BCUT2D eigenvalue weighted by atomic mass is 32.1. The summed E-state index contributed by atoms with van der Waals surface area (Å²) in [5.74, 6) is 3.32. The smallest absolute Gasteiger partial charge is 0.263 e. The Bertz CT molecular complexity index is 1740. The summed E-state index contributed by atoms with van der Waals surface area (Å²) in [5, 5.41) is 6.68. The van der Waals surface area contributed by atoms with Crippen molar-refractivity contribution in [1.29, 1.82) is 0 Å². The number of oxazole rings is 1. The third-order valence-electron chi connectivity index (χ3n) is 6.21. The average molecular weight is 567 g/mol. The number of benzene rings is 2. The monoisotopic (exact) mass is 566 g/mol. The number of rotatable bonds is 11. The molecule has 0 atom stereocenters. The Kier molecular flexibility index (Phi) is 7.63. The van der Waals surface area contributed by atoms with Gasteiger partial charge in [0, 0.05) is 11.6 Å². The van der Waals surface area contributed by atoms with Crippen LogP contribution in [0.1, 0.15) is 28.3 Å². The predicted molar refractivity (Wildman–Crippen MR) is 155 cm³/mol. The molecule has 0 saturated carbocycles. The first kappa shape index (κ1) is 26.1. The molecule has 4 aromatic heterocycles. The number of thiazole rings is 1. The SMILES string of the molecule is COc1cc(COc2nn(-c3ccccc3)cc2C=Cc2cscn2)ccc1OCc1nc(-c2ccco2)oc1C.